The predicted octanol–water partition coefficient (Wildman–Crippen LogP) is 4.92. The second-order valence-corrected chi connectivity index (χ2v) is 7.90. The van der Waals surface area contributed by atoms with Gasteiger partial charge in [-0.1, -0.05) is 29.3 Å². The normalized spacial score (nSPS) is 15.6. The highest BCUT2D eigenvalue weighted by molar-refractivity contribution is 7.80. The summed E-state index contributed by atoms with van der Waals surface area (Å²) in [7, 11) is 0. The first-order valence-corrected chi connectivity index (χ1v) is 10.1. The molecule has 30 heavy (non-hydrogen) atoms. The maximum atomic E-state index is 13.2. The number of benzene rings is 2. The minimum atomic E-state index is -0.551. The maximum absolute atomic E-state index is 13.2. The molecule has 4 rings (SSSR count). The number of amides is 2. The lowest BCUT2D eigenvalue weighted by molar-refractivity contribution is -0.122. The SMILES string of the molecule is Cc1ccc(-n2cccc2/C=C2\C(=O)NC(=S)N(c3ccc(Cl)cc3)C2=O)cc1Cl. The van der Waals surface area contributed by atoms with E-state index < -0.39 is 11.8 Å². The molecule has 2 aromatic carbocycles. The van der Waals surface area contributed by atoms with Gasteiger partial charge in [0.05, 0.1) is 5.69 Å². The van der Waals surface area contributed by atoms with Gasteiger partial charge in [-0.2, -0.15) is 0 Å². The van der Waals surface area contributed by atoms with Crippen LogP contribution < -0.4 is 10.2 Å². The molecule has 1 aromatic heterocycles. The van der Waals surface area contributed by atoms with E-state index in [1.165, 1.54) is 11.0 Å². The second kappa shape index (κ2) is 8.07. The van der Waals surface area contributed by atoms with Crippen molar-refractivity contribution in [2.45, 2.75) is 6.92 Å². The number of carbonyl (C=O) groups is 2. The van der Waals surface area contributed by atoms with Gasteiger partial charge in [-0.25, -0.2) is 0 Å². The molecule has 0 bridgehead atoms. The molecular formula is C22H15Cl2N3O2S. The van der Waals surface area contributed by atoms with Gasteiger partial charge in [0, 0.05) is 27.6 Å². The smallest absolute Gasteiger partial charge is 0.270 e. The fourth-order valence-corrected chi connectivity index (χ4v) is 3.69. The summed E-state index contributed by atoms with van der Waals surface area (Å²) in [5, 5.41) is 3.76. The molecule has 1 aliphatic rings. The molecular weight excluding hydrogens is 441 g/mol. The van der Waals surface area contributed by atoms with Crippen LogP contribution in [0, 0.1) is 6.92 Å². The summed E-state index contributed by atoms with van der Waals surface area (Å²) < 4.78 is 1.85. The minimum Gasteiger partial charge on any atom is -0.317 e. The highest BCUT2D eigenvalue weighted by Crippen LogP contribution is 2.25. The number of hydrogen-bond donors (Lipinski definition) is 1. The zero-order chi connectivity index (χ0) is 21.4. The summed E-state index contributed by atoms with van der Waals surface area (Å²) in [5.41, 5.74) is 2.91. The standard InChI is InChI=1S/C22H15Cl2N3O2S/c1-13-4-7-17(12-19(13)24)26-10-2-3-16(26)11-18-20(28)25-22(30)27(21(18)29)15-8-5-14(23)6-9-15/h2-12H,1H3,(H,25,28,30)/b18-11+. The minimum absolute atomic E-state index is 0.0187. The third-order valence-corrected chi connectivity index (χ3v) is 5.64. The topological polar surface area (TPSA) is 54.3 Å². The molecule has 1 N–H and O–H groups in total. The Bertz CT molecular complexity index is 1220. The fourth-order valence-electron chi connectivity index (χ4n) is 3.11. The number of aryl methyl sites for hydroxylation is 1. The van der Waals surface area contributed by atoms with Gasteiger partial charge in [0.25, 0.3) is 11.8 Å². The number of nitrogens with zero attached hydrogens (tertiary/aromatic N) is 2. The quantitative estimate of drug-likeness (QED) is 0.346. The molecule has 2 amide bonds. The molecule has 1 fully saturated rings. The van der Waals surface area contributed by atoms with Crippen LogP contribution in [0.2, 0.25) is 10.0 Å². The number of halogens is 2. The van der Waals surface area contributed by atoms with Gasteiger partial charge in [0.15, 0.2) is 5.11 Å². The van der Waals surface area contributed by atoms with E-state index >= 15 is 0 Å². The Labute approximate surface area is 188 Å². The second-order valence-electron chi connectivity index (χ2n) is 6.67. The number of hydrogen-bond acceptors (Lipinski definition) is 3. The summed E-state index contributed by atoms with van der Waals surface area (Å²) >= 11 is 17.4. The average molecular weight is 456 g/mol. The van der Waals surface area contributed by atoms with Crippen molar-refractivity contribution in [2.75, 3.05) is 4.90 Å². The summed E-state index contributed by atoms with van der Waals surface area (Å²) in [5.74, 6) is -1.06. The number of nitrogens with one attached hydrogen (secondary N) is 1. The van der Waals surface area contributed by atoms with Crippen LogP contribution in [0.1, 0.15) is 11.3 Å². The maximum Gasteiger partial charge on any atom is 0.270 e. The van der Waals surface area contributed by atoms with Gasteiger partial charge in [0.1, 0.15) is 5.57 Å². The van der Waals surface area contributed by atoms with Crippen molar-refractivity contribution in [3.8, 4) is 5.69 Å². The average Bonchev–Trinajstić information content (AvgIpc) is 3.17. The van der Waals surface area contributed by atoms with Crippen molar-refractivity contribution in [1.82, 2.24) is 9.88 Å². The molecule has 5 nitrogen and oxygen atoms in total. The van der Waals surface area contributed by atoms with E-state index in [1.807, 2.05) is 42.0 Å². The van der Waals surface area contributed by atoms with Crippen molar-refractivity contribution in [1.29, 1.82) is 0 Å². The Morgan fingerprint density at radius 1 is 1.00 bits per heavy atom. The molecule has 0 saturated carbocycles. The van der Waals surface area contributed by atoms with E-state index in [4.69, 9.17) is 35.4 Å². The Kier molecular flexibility index (Phi) is 5.47. The zero-order valence-electron chi connectivity index (χ0n) is 15.7. The molecule has 0 aliphatic carbocycles. The third-order valence-electron chi connectivity index (χ3n) is 4.69. The van der Waals surface area contributed by atoms with Gasteiger partial charge in [0.2, 0.25) is 0 Å². The zero-order valence-corrected chi connectivity index (χ0v) is 18.1. The predicted molar refractivity (Wildman–Crippen MR) is 123 cm³/mol. The van der Waals surface area contributed by atoms with Crippen molar-refractivity contribution in [2.24, 2.45) is 0 Å². The van der Waals surface area contributed by atoms with Crippen LogP contribution in [0.25, 0.3) is 11.8 Å². The van der Waals surface area contributed by atoms with Crippen molar-refractivity contribution >= 4 is 64.1 Å². The molecule has 8 heteroatoms. The van der Waals surface area contributed by atoms with Gasteiger partial charge in [-0.15, -0.1) is 0 Å². The van der Waals surface area contributed by atoms with Crippen LogP contribution >= 0.6 is 35.4 Å². The van der Waals surface area contributed by atoms with Crippen molar-refractivity contribution in [3.63, 3.8) is 0 Å². The molecule has 0 unspecified atom stereocenters. The Morgan fingerprint density at radius 3 is 2.40 bits per heavy atom. The molecule has 3 aromatic rings. The van der Waals surface area contributed by atoms with Crippen LogP contribution in [-0.4, -0.2) is 21.5 Å². The van der Waals surface area contributed by atoms with Crippen molar-refractivity contribution < 1.29 is 9.59 Å². The lowest BCUT2D eigenvalue weighted by Crippen LogP contribution is -2.54. The van der Waals surface area contributed by atoms with E-state index in [1.54, 1.807) is 30.3 Å². The highest BCUT2D eigenvalue weighted by Gasteiger charge is 2.34. The number of carbonyl (C=O) groups excluding carboxylic acids is 2. The number of thiocarbonyl (C=S) groups is 1. The van der Waals surface area contributed by atoms with Gasteiger partial charge in [-0.05, 0) is 79.3 Å². The van der Waals surface area contributed by atoms with E-state index in [2.05, 4.69) is 5.32 Å². The van der Waals surface area contributed by atoms with Gasteiger partial charge < -0.3 is 4.57 Å². The molecule has 1 aliphatic heterocycles. The largest absolute Gasteiger partial charge is 0.317 e. The van der Waals surface area contributed by atoms with Crippen molar-refractivity contribution in [3.05, 3.63) is 87.7 Å². The monoisotopic (exact) mass is 455 g/mol. The molecule has 0 spiro atoms. The lowest BCUT2D eigenvalue weighted by Gasteiger charge is -2.29. The van der Waals surface area contributed by atoms with Crippen LogP contribution in [0.5, 0.6) is 0 Å². The highest BCUT2D eigenvalue weighted by atomic mass is 35.5. The Morgan fingerprint density at radius 2 is 1.70 bits per heavy atom. The number of anilines is 1. The molecule has 2 heterocycles. The van der Waals surface area contributed by atoms with Crippen LogP contribution in [0.15, 0.2) is 66.4 Å². The molecule has 1 saturated heterocycles. The summed E-state index contributed by atoms with van der Waals surface area (Å²) in [6, 6.07) is 15.9. The Balaban J connectivity index is 1.74. The van der Waals surface area contributed by atoms with Crippen LogP contribution in [0.4, 0.5) is 5.69 Å². The Hall–Kier alpha value is -2.93. The third kappa shape index (κ3) is 3.77. The first-order chi connectivity index (χ1) is 14.3. The summed E-state index contributed by atoms with van der Waals surface area (Å²) in [4.78, 5) is 27.0. The van der Waals surface area contributed by atoms with E-state index in [9.17, 15) is 9.59 Å². The first kappa shape index (κ1) is 20.3. The van der Waals surface area contributed by atoms with Crippen LogP contribution in [-0.2, 0) is 9.59 Å². The molecule has 150 valence electrons. The molecule has 0 radical (unpaired) electrons. The summed E-state index contributed by atoms with van der Waals surface area (Å²) in [6.45, 7) is 1.92. The number of aromatic nitrogens is 1. The van der Waals surface area contributed by atoms with Gasteiger partial charge >= 0.3 is 0 Å². The van der Waals surface area contributed by atoms with Crippen LogP contribution in [0.3, 0.4) is 0 Å². The molecule has 0 atom stereocenters. The van der Waals surface area contributed by atoms with Gasteiger partial charge in [-0.3, -0.25) is 19.8 Å². The lowest BCUT2D eigenvalue weighted by atomic mass is 10.1. The van der Waals surface area contributed by atoms with E-state index in [0.717, 1.165) is 11.3 Å². The first-order valence-electron chi connectivity index (χ1n) is 8.96. The number of rotatable bonds is 3. The fraction of sp³-hybridized carbons (Fsp3) is 0.0455. The van der Waals surface area contributed by atoms with E-state index in [-0.39, 0.29) is 10.7 Å². The van der Waals surface area contributed by atoms with E-state index in [0.29, 0.717) is 21.4 Å². The summed E-state index contributed by atoms with van der Waals surface area (Å²) in [6.07, 6.45) is 3.37.